The van der Waals surface area contributed by atoms with Gasteiger partial charge in [0.2, 0.25) is 0 Å². The molecular formula is C11H9NO2. The number of fused-ring (bicyclic) bond motifs is 1. The largest absolute Gasteiger partial charge is 0.481 e. The van der Waals surface area contributed by atoms with Gasteiger partial charge in [-0.25, -0.2) is 0 Å². The molecule has 0 aliphatic carbocycles. The van der Waals surface area contributed by atoms with Gasteiger partial charge in [0.1, 0.15) is 0 Å². The number of aromatic nitrogens is 1. The van der Waals surface area contributed by atoms with Gasteiger partial charge in [0.25, 0.3) is 0 Å². The van der Waals surface area contributed by atoms with Gasteiger partial charge in [0.05, 0.1) is 17.6 Å². The number of carbonyl (C=O) groups is 1. The van der Waals surface area contributed by atoms with Crippen LogP contribution >= 0.6 is 0 Å². The molecule has 0 amide bonds. The van der Waals surface area contributed by atoms with Crippen LogP contribution in [-0.2, 0) is 11.2 Å². The first-order chi connectivity index (χ1) is 6.75. The Labute approximate surface area is 81.0 Å². The summed E-state index contributed by atoms with van der Waals surface area (Å²) >= 11 is 0. The number of nitrogens with zero attached hydrogens (tertiary/aromatic N) is 1. The number of rotatable bonds is 2. The second kappa shape index (κ2) is 3.46. The molecule has 1 aromatic carbocycles. The van der Waals surface area contributed by atoms with Crippen molar-refractivity contribution in [3.63, 3.8) is 0 Å². The number of hydrogen-bond acceptors (Lipinski definition) is 2. The maximum Gasteiger partial charge on any atom is 0.309 e. The van der Waals surface area contributed by atoms with Gasteiger partial charge in [-0.05, 0) is 12.1 Å². The van der Waals surface area contributed by atoms with Crippen molar-refractivity contribution in [2.45, 2.75) is 6.42 Å². The number of pyridine rings is 1. The van der Waals surface area contributed by atoms with Gasteiger partial charge in [-0.1, -0.05) is 24.3 Å². The lowest BCUT2D eigenvalue weighted by atomic mass is 10.2. The van der Waals surface area contributed by atoms with Crippen molar-refractivity contribution in [1.82, 2.24) is 4.98 Å². The predicted octanol–water partition coefficient (Wildman–Crippen LogP) is 1.86. The van der Waals surface area contributed by atoms with Gasteiger partial charge in [0, 0.05) is 5.39 Å². The van der Waals surface area contributed by atoms with Crippen LogP contribution in [0.1, 0.15) is 5.69 Å². The minimum absolute atomic E-state index is 0.0230. The van der Waals surface area contributed by atoms with E-state index >= 15 is 0 Å². The van der Waals surface area contributed by atoms with Crippen LogP contribution in [0.2, 0.25) is 0 Å². The van der Waals surface area contributed by atoms with E-state index in [-0.39, 0.29) is 6.42 Å². The molecule has 2 rings (SSSR count). The van der Waals surface area contributed by atoms with Crippen LogP contribution in [0.5, 0.6) is 0 Å². The van der Waals surface area contributed by atoms with Crippen molar-refractivity contribution in [3.8, 4) is 0 Å². The molecule has 0 saturated carbocycles. The van der Waals surface area contributed by atoms with Crippen LogP contribution in [0.15, 0.2) is 36.4 Å². The van der Waals surface area contributed by atoms with E-state index < -0.39 is 5.97 Å². The minimum Gasteiger partial charge on any atom is -0.481 e. The first kappa shape index (κ1) is 8.69. The molecule has 14 heavy (non-hydrogen) atoms. The smallest absolute Gasteiger partial charge is 0.309 e. The van der Waals surface area contributed by atoms with Crippen molar-refractivity contribution in [2.24, 2.45) is 0 Å². The number of benzene rings is 1. The molecule has 1 aromatic heterocycles. The van der Waals surface area contributed by atoms with E-state index in [9.17, 15) is 4.79 Å². The highest BCUT2D eigenvalue weighted by atomic mass is 16.4. The molecule has 0 aliphatic rings. The fourth-order valence-electron chi connectivity index (χ4n) is 1.36. The molecule has 70 valence electrons. The van der Waals surface area contributed by atoms with E-state index in [1.807, 2.05) is 30.3 Å². The third-order valence-corrected chi connectivity index (χ3v) is 1.99. The molecule has 2 aromatic rings. The maximum atomic E-state index is 10.5. The highest BCUT2D eigenvalue weighted by Crippen LogP contribution is 2.11. The molecule has 1 N–H and O–H groups in total. The Balaban J connectivity index is 2.46. The lowest BCUT2D eigenvalue weighted by molar-refractivity contribution is -0.136. The normalized spacial score (nSPS) is 10.3. The summed E-state index contributed by atoms with van der Waals surface area (Å²) in [4.78, 5) is 14.7. The van der Waals surface area contributed by atoms with E-state index in [0.29, 0.717) is 5.69 Å². The highest BCUT2D eigenvalue weighted by molar-refractivity contribution is 5.79. The highest BCUT2D eigenvalue weighted by Gasteiger charge is 2.02. The Morgan fingerprint density at radius 1 is 1.21 bits per heavy atom. The molecule has 3 nitrogen and oxygen atoms in total. The zero-order valence-corrected chi connectivity index (χ0v) is 7.47. The molecule has 0 unspecified atom stereocenters. The fourth-order valence-corrected chi connectivity index (χ4v) is 1.36. The van der Waals surface area contributed by atoms with Crippen molar-refractivity contribution < 1.29 is 9.90 Å². The Hall–Kier alpha value is -1.90. The zero-order chi connectivity index (χ0) is 9.97. The molecule has 0 fully saturated rings. The number of aliphatic carboxylic acids is 1. The van der Waals surface area contributed by atoms with Gasteiger partial charge < -0.3 is 5.11 Å². The predicted molar refractivity (Wildman–Crippen MR) is 53.1 cm³/mol. The van der Waals surface area contributed by atoms with Gasteiger partial charge >= 0.3 is 5.97 Å². The van der Waals surface area contributed by atoms with Gasteiger partial charge in [0.15, 0.2) is 0 Å². The van der Waals surface area contributed by atoms with Gasteiger partial charge in [-0.2, -0.15) is 0 Å². The van der Waals surface area contributed by atoms with E-state index in [1.54, 1.807) is 6.07 Å². The summed E-state index contributed by atoms with van der Waals surface area (Å²) < 4.78 is 0. The average molecular weight is 187 g/mol. The van der Waals surface area contributed by atoms with Crippen molar-refractivity contribution in [2.75, 3.05) is 0 Å². The first-order valence-corrected chi connectivity index (χ1v) is 4.32. The lowest BCUT2D eigenvalue weighted by Gasteiger charge is -1.99. The van der Waals surface area contributed by atoms with E-state index in [0.717, 1.165) is 10.9 Å². The van der Waals surface area contributed by atoms with Crippen LogP contribution in [0.3, 0.4) is 0 Å². The van der Waals surface area contributed by atoms with Crippen LogP contribution in [0.4, 0.5) is 0 Å². The topological polar surface area (TPSA) is 50.2 Å². The Morgan fingerprint density at radius 2 is 2.00 bits per heavy atom. The van der Waals surface area contributed by atoms with Gasteiger partial charge in [-0.15, -0.1) is 0 Å². The van der Waals surface area contributed by atoms with Crippen molar-refractivity contribution in [1.29, 1.82) is 0 Å². The second-order valence-corrected chi connectivity index (χ2v) is 3.07. The summed E-state index contributed by atoms with van der Waals surface area (Å²) in [7, 11) is 0. The van der Waals surface area contributed by atoms with Crippen LogP contribution in [0, 0.1) is 0 Å². The standard InChI is InChI=1S/C11H9NO2/c13-11(14)7-9-6-5-8-3-1-2-4-10(8)12-9/h1-6H,7H2,(H,13,14). The summed E-state index contributed by atoms with van der Waals surface area (Å²) in [5.74, 6) is -0.854. The Morgan fingerprint density at radius 3 is 2.79 bits per heavy atom. The maximum absolute atomic E-state index is 10.5. The number of hydrogen-bond donors (Lipinski definition) is 1. The third-order valence-electron chi connectivity index (χ3n) is 1.99. The minimum atomic E-state index is -0.854. The van der Waals surface area contributed by atoms with Crippen molar-refractivity contribution in [3.05, 3.63) is 42.1 Å². The zero-order valence-electron chi connectivity index (χ0n) is 7.47. The van der Waals surface area contributed by atoms with Crippen LogP contribution < -0.4 is 0 Å². The van der Waals surface area contributed by atoms with Crippen LogP contribution in [0.25, 0.3) is 10.9 Å². The van der Waals surface area contributed by atoms with E-state index in [4.69, 9.17) is 5.11 Å². The second-order valence-electron chi connectivity index (χ2n) is 3.07. The molecule has 0 saturated heterocycles. The average Bonchev–Trinajstić information content (AvgIpc) is 2.17. The fraction of sp³-hybridized carbons (Fsp3) is 0.0909. The lowest BCUT2D eigenvalue weighted by Crippen LogP contribution is -2.01. The van der Waals surface area contributed by atoms with E-state index in [1.165, 1.54) is 0 Å². The van der Waals surface area contributed by atoms with Gasteiger partial charge in [-0.3, -0.25) is 9.78 Å². The number of para-hydroxylation sites is 1. The molecule has 1 heterocycles. The summed E-state index contributed by atoms with van der Waals surface area (Å²) in [5.41, 5.74) is 1.43. The quantitative estimate of drug-likeness (QED) is 0.780. The number of carboxylic acid groups (broad SMARTS) is 1. The SMILES string of the molecule is O=C(O)Cc1ccc2ccccc2n1. The first-order valence-electron chi connectivity index (χ1n) is 4.32. The van der Waals surface area contributed by atoms with E-state index in [2.05, 4.69) is 4.98 Å². The summed E-state index contributed by atoms with van der Waals surface area (Å²) in [6.45, 7) is 0. The number of carboxylic acids is 1. The van der Waals surface area contributed by atoms with Crippen molar-refractivity contribution >= 4 is 16.9 Å². The summed E-state index contributed by atoms with van der Waals surface area (Å²) in [6, 6.07) is 11.3. The molecule has 0 atom stereocenters. The molecule has 0 bridgehead atoms. The Kier molecular flexibility index (Phi) is 2.14. The molecular weight excluding hydrogens is 178 g/mol. The molecule has 0 aliphatic heterocycles. The summed E-state index contributed by atoms with van der Waals surface area (Å²) in [5, 5.41) is 9.63. The molecule has 3 heteroatoms. The third kappa shape index (κ3) is 1.71. The monoisotopic (exact) mass is 187 g/mol. The Bertz CT molecular complexity index is 479. The van der Waals surface area contributed by atoms with Crippen LogP contribution in [-0.4, -0.2) is 16.1 Å². The molecule has 0 spiro atoms. The summed E-state index contributed by atoms with van der Waals surface area (Å²) in [6.07, 6.45) is -0.0230. The molecule has 0 radical (unpaired) electrons.